The maximum Gasteiger partial charge on any atom is 0.221 e. The summed E-state index contributed by atoms with van der Waals surface area (Å²) in [6.45, 7) is -1.26. The van der Waals surface area contributed by atoms with E-state index in [-0.39, 0.29) is 0 Å². The van der Waals surface area contributed by atoms with Gasteiger partial charge in [-0.15, -0.1) is 0 Å². The van der Waals surface area contributed by atoms with Crippen molar-refractivity contribution >= 4 is 0 Å². The summed E-state index contributed by atoms with van der Waals surface area (Å²) in [5, 5.41) is 46.4. The summed E-state index contributed by atoms with van der Waals surface area (Å²) in [7, 11) is 1.18. The summed E-state index contributed by atoms with van der Waals surface area (Å²) in [6.07, 6.45) is -5.69. The second kappa shape index (κ2) is 4.71. The van der Waals surface area contributed by atoms with E-state index in [2.05, 4.69) is 0 Å². The molecular weight excluding hydrogens is 208 g/mol. The van der Waals surface area contributed by atoms with Crippen LogP contribution in [-0.4, -0.2) is 76.1 Å². The van der Waals surface area contributed by atoms with Crippen LogP contribution in [0, 0.1) is 0 Å². The zero-order valence-corrected chi connectivity index (χ0v) is 8.28. The highest BCUT2D eigenvalue weighted by Gasteiger charge is 2.53. The molecule has 0 spiro atoms. The first kappa shape index (κ1) is 12.8. The second-order valence-electron chi connectivity index (χ2n) is 3.44. The van der Waals surface area contributed by atoms with Gasteiger partial charge in [0.15, 0.2) is 0 Å². The molecule has 1 aliphatic heterocycles. The summed E-state index contributed by atoms with van der Waals surface area (Å²) in [5.74, 6) is -1.81. The molecule has 0 amide bonds. The minimum atomic E-state index is -1.81. The predicted molar refractivity (Wildman–Crippen MR) is 46.8 cm³/mol. The molecular formula is C8H16O7. The Kier molecular flexibility index (Phi) is 4.01. The molecule has 1 saturated heterocycles. The molecule has 1 aliphatic rings. The first-order valence-electron chi connectivity index (χ1n) is 4.51. The molecule has 5 atom stereocenters. The maximum absolute atomic E-state index is 9.57. The van der Waals surface area contributed by atoms with Crippen molar-refractivity contribution in [3.05, 3.63) is 0 Å². The summed E-state index contributed by atoms with van der Waals surface area (Å²) < 4.78 is 9.82. The van der Waals surface area contributed by atoms with Gasteiger partial charge in [0.25, 0.3) is 0 Å². The maximum atomic E-state index is 9.57. The molecule has 0 aromatic heterocycles. The van der Waals surface area contributed by atoms with E-state index in [0.29, 0.717) is 0 Å². The predicted octanol–water partition coefficient (Wildman–Crippen LogP) is -3.20. The van der Waals surface area contributed by atoms with Gasteiger partial charge in [-0.05, 0) is 0 Å². The molecule has 5 N–H and O–H groups in total. The van der Waals surface area contributed by atoms with Crippen molar-refractivity contribution in [2.45, 2.75) is 30.2 Å². The monoisotopic (exact) mass is 224 g/mol. The summed E-state index contributed by atoms with van der Waals surface area (Å²) in [6, 6.07) is 0. The van der Waals surface area contributed by atoms with Crippen molar-refractivity contribution in [3.63, 3.8) is 0 Å². The average Bonchev–Trinajstić information content (AvgIpc) is 2.27. The number of methoxy groups -OCH3 is 1. The largest absolute Gasteiger partial charge is 0.394 e. The number of aliphatic hydroxyl groups excluding tert-OH is 5. The molecule has 0 aromatic carbocycles. The Morgan fingerprint density at radius 2 is 1.80 bits per heavy atom. The quantitative estimate of drug-likeness (QED) is 0.342. The molecule has 0 aliphatic carbocycles. The van der Waals surface area contributed by atoms with Crippen molar-refractivity contribution in [1.82, 2.24) is 0 Å². The Morgan fingerprint density at radius 3 is 2.20 bits per heavy atom. The van der Waals surface area contributed by atoms with E-state index in [1.807, 2.05) is 0 Å². The van der Waals surface area contributed by atoms with Crippen molar-refractivity contribution in [1.29, 1.82) is 0 Å². The van der Waals surface area contributed by atoms with Gasteiger partial charge >= 0.3 is 0 Å². The number of ether oxygens (including phenoxy) is 2. The fourth-order valence-electron chi connectivity index (χ4n) is 1.57. The highest BCUT2D eigenvalue weighted by molar-refractivity contribution is 4.96. The molecule has 0 bridgehead atoms. The third-order valence-electron chi connectivity index (χ3n) is 2.60. The van der Waals surface area contributed by atoms with E-state index >= 15 is 0 Å². The second-order valence-corrected chi connectivity index (χ2v) is 3.44. The molecule has 7 nitrogen and oxygen atoms in total. The molecule has 0 aromatic rings. The number of hydrogen-bond donors (Lipinski definition) is 5. The van der Waals surface area contributed by atoms with Crippen LogP contribution < -0.4 is 0 Å². The third kappa shape index (κ3) is 2.00. The third-order valence-corrected chi connectivity index (χ3v) is 2.60. The van der Waals surface area contributed by atoms with Crippen LogP contribution in [0.2, 0.25) is 0 Å². The lowest BCUT2D eigenvalue weighted by atomic mass is 9.93. The normalized spacial score (nSPS) is 46.8. The first-order valence-corrected chi connectivity index (χ1v) is 4.51. The Morgan fingerprint density at radius 1 is 1.20 bits per heavy atom. The SMILES string of the molecule is CO[C@]1(CO)O[C@@H](CO)[C@@H](O)[C@@H](O)[C@H]1O. The van der Waals surface area contributed by atoms with E-state index in [4.69, 9.17) is 19.7 Å². The molecule has 1 rings (SSSR count). The standard InChI is InChI=1S/C8H16O7/c1-14-8(3-10)7(13)6(12)5(11)4(2-9)15-8/h4-7,9-13H,2-3H2,1H3/t4-,5+,6+,7+,8+/m0/s1. The van der Waals surface area contributed by atoms with Crippen molar-refractivity contribution < 1.29 is 35.0 Å². The molecule has 0 unspecified atom stereocenters. The highest BCUT2D eigenvalue weighted by Crippen LogP contribution is 2.30. The summed E-state index contributed by atoms with van der Waals surface area (Å²) in [5.41, 5.74) is 0. The van der Waals surface area contributed by atoms with E-state index < -0.39 is 43.4 Å². The summed E-state index contributed by atoms with van der Waals surface area (Å²) in [4.78, 5) is 0. The molecule has 0 saturated carbocycles. The van der Waals surface area contributed by atoms with Gasteiger partial charge in [0.1, 0.15) is 31.0 Å². The van der Waals surface area contributed by atoms with E-state index in [1.165, 1.54) is 7.11 Å². The average molecular weight is 224 g/mol. The molecule has 0 radical (unpaired) electrons. The lowest BCUT2D eigenvalue weighted by Crippen LogP contribution is -2.67. The van der Waals surface area contributed by atoms with Crippen molar-refractivity contribution in [2.24, 2.45) is 0 Å². The van der Waals surface area contributed by atoms with Crippen LogP contribution in [0.1, 0.15) is 0 Å². The van der Waals surface area contributed by atoms with Crippen LogP contribution >= 0.6 is 0 Å². The zero-order valence-electron chi connectivity index (χ0n) is 8.28. The van der Waals surface area contributed by atoms with Crippen LogP contribution in [0.5, 0.6) is 0 Å². The van der Waals surface area contributed by atoms with E-state index in [1.54, 1.807) is 0 Å². The topological polar surface area (TPSA) is 120 Å². The zero-order chi connectivity index (χ0) is 11.6. The van der Waals surface area contributed by atoms with Crippen LogP contribution in [0.3, 0.4) is 0 Å². The Hall–Kier alpha value is -0.280. The van der Waals surface area contributed by atoms with Gasteiger partial charge in [-0.25, -0.2) is 0 Å². The number of rotatable bonds is 3. The van der Waals surface area contributed by atoms with E-state index in [0.717, 1.165) is 0 Å². The minimum Gasteiger partial charge on any atom is -0.394 e. The van der Waals surface area contributed by atoms with Gasteiger partial charge in [0.2, 0.25) is 5.79 Å². The van der Waals surface area contributed by atoms with Crippen LogP contribution in [0.25, 0.3) is 0 Å². The lowest BCUT2D eigenvalue weighted by molar-refractivity contribution is -0.365. The van der Waals surface area contributed by atoms with Crippen molar-refractivity contribution in [3.8, 4) is 0 Å². The molecule has 1 fully saturated rings. The molecule has 7 heteroatoms. The van der Waals surface area contributed by atoms with Gasteiger partial charge in [-0.3, -0.25) is 0 Å². The van der Waals surface area contributed by atoms with Gasteiger partial charge in [-0.2, -0.15) is 0 Å². The van der Waals surface area contributed by atoms with Crippen LogP contribution in [-0.2, 0) is 9.47 Å². The van der Waals surface area contributed by atoms with E-state index in [9.17, 15) is 15.3 Å². The Bertz CT molecular complexity index is 203. The fourth-order valence-corrected chi connectivity index (χ4v) is 1.57. The number of aliphatic hydroxyl groups is 5. The fraction of sp³-hybridized carbons (Fsp3) is 1.00. The number of hydrogen-bond acceptors (Lipinski definition) is 7. The highest BCUT2D eigenvalue weighted by atomic mass is 16.7. The first-order chi connectivity index (χ1) is 7.02. The van der Waals surface area contributed by atoms with Gasteiger partial charge in [0.05, 0.1) is 6.61 Å². The molecule has 1 heterocycles. The Balaban J connectivity index is 2.91. The van der Waals surface area contributed by atoms with Gasteiger partial charge < -0.3 is 35.0 Å². The van der Waals surface area contributed by atoms with Gasteiger partial charge in [0, 0.05) is 7.11 Å². The van der Waals surface area contributed by atoms with Gasteiger partial charge in [-0.1, -0.05) is 0 Å². The Labute approximate surface area is 86.5 Å². The molecule has 90 valence electrons. The molecule has 15 heavy (non-hydrogen) atoms. The smallest absolute Gasteiger partial charge is 0.221 e. The van der Waals surface area contributed by atoms with Crippen molar-refractivity contribution in [2.75, 3.05) is 20.3 Å². The van der Waals surface area contributed by atoms with Crippen LogP contribution in [0.15, 0.2) is 0 Å². The minimum absolute atomic E-state index is 0.559. The summed E-state index contributed by atoms with van der Waals surface area (Å²) >= 11 is 0. The van der Waals surface area contributed by atoms with Crippen LogP contribution in [0.4, 0.5) is 0 Å². The lowest BCUT2D eigenvalue weighted by Gasteiger charge is -2.46.